The van der Waals surface area contributed by atoms with Crippen LogP contribution in [0.3, 0.4) is 0 Å². The van der Waals surface area contributed by atoms with Gasteiger partial charge in [0, 0.05) is 45.6 Å². The van der Waals surface area contributed by atoms with Gasteiger partial charge in [0.2, 0.25) is 10.0 Å². The molecule has 2 aliphatic rings. The van der Waals surface area contributed by atoms with Crippen molar-refractivity contribution in [2.45, 2.75) is 24.9 Å². The Bertz CT molecular complexity index is 788. The SMILES string of the molecule is COCCCN1C(=O)[C@@H]2C[C@H](NC(=O)c3ccncn3)CN2CCS1(=O)=O. The molecule has 10 nitrogen and oxygen atoms in total. The van der Waals surface area contributed by atoms with Crippen molar-refractivity contribution < 1.29 is 22.7 Å². The molecule has 0 spiro atoms. The average molecular weight is 397 g/mol. The highest BCUT2D eigenvalue weighted by Gasteiger charge is 2.45. The van der Waals surface area contributed by atoms with Crippen LogP contribution in [-0.4, -0.2) is 90.6 Å². The summed E-state index contributed by atoms with van der Waals surface area (Å²) in [4.78, 5) is 34.7. The van der Waals surface area contributed by atoms with Crippen molar-refractivity contribution in [3.8, 4) is 0 Å². The summed E-state index contributed by atoms with van der Waals surface area (Å²) < 4.78 is 30.8. The molecule has 11 heteroatoms. The predicted molar refractivity (Wildman–Crippen MR) is 95.3 cm³/mol. The van der Waals surface area contributed by atoms with Crippen LogP contribution in [-0.2, 0) is 19.6 Å². The van der Waals surface area contributed by atoms with Gasteiger partial charge in [-0.2, -0.15) is 0 Å². The molecule has 2 atom stereocenters. The second-order valence-corrected chi connectivity index (χ2v) is 8.60. The van der Waals surface area contributed by atoms with Crippen molar-refractivity contribution in [2.75, 3.05) is 39.1 Å². The smallest absolute Gasteiger partial charge is 0.270 e. The summed E-state index contributed by atoms with van der Waals surface area (Å²) >= 11 is 0. The number of carbonyl (C=O) groups is 2. The molecule has 0 radical (unpaired) electrons. The van der Waals surface area contributed by atoms with E-state index in [2.05, 4.69) is 15.3 Å². The van der Waals surface area contributed by atoms with Gasteiger partial charge < -0.3 is 10.1 Å². The molecule has 0 unspecified atom stereocenters. The summed E-state index contributed by atoms with van der Waals surface area (Å²) in [5.41, 5.74) is 0.252. The number of hydrogen-bond acceptors (Lipinski definition) is 8. The van der Waals surface area contributed by atoms with Crippen LogP contribution in [0.25, 0.3) is 0 Å². The number of amides is 2. The molecule has 3 heterocycles. The van der Waals surface area contributed by atoms with Gasteiger partial charge in [-0.3, -0.25) is 14.5 Å². The van der Waals surface area contributed by atoms with Gasteiger partial charge in [-0.05, 0) is 18.9 Å². The summed E-state index contributed by atoms with van der Waals surface area (Å²) in [6.45, 7) is 1.18. The van der Waals surface area contributed by atoms with Gasteiger partial charge in [-0.25, -0.2) is 22.7 Å². The highest BCUT2D eigenvalue weighted by atomic mass is 32.2. The summed E-state index contributed by atoms with van der Waals surface area (Å²) in [6.07, 6.45) is 3.59. The first-order valence-corrected chi connectivity index (χ1v) is 10.4. The Morgan fingerprint density at radius 1 is 1.44 bits per heavy atom. The van der Waals surface area contributed by atoms with E-state index in [1.165, 1.54) is 25.7 Å². The summed E-state index contributed by atoms with van der Waals surface area (Å²) in [6, 6.07) is 0.710. The molecule has 2 saturated heterocycles. The number of methoxy groups -OCH3 is 1. The van der Waals surface area contributed by atoms with E-state index in [0.29, 0.717) is 26.0 Å². The quantitative estimate of drug-likeness (QED) is 0.598. The highest BCUT2D eigenvalue weighted by molar-refractivity contribution is 7.89. The molecule has 2 amide bonds. The van der Waals surface area contributed by atoms with Gasteiger partial charge in [0.05, 0.1) is 11.8 Å². The number of hydrogen-bond donors (Lipinski definition) is 1. The van der Waals surface area contributed by atoms with Crippen LogP contribution in [0.5, 0.6) is 0 Å². The second kappa shape index (κ2) is 8.28. The minimum Gasteiger partial charge on any atom is -0.385 e. The van der Waals surface area contributed by atoms with Crippen molar-refractivity contribution in [3.63, 3.8) is 0 Å². The van der Waals surface area contributed by atoms with Gasteiger partial charge in [0.1, 0.15) is 12.0 Å². The van der Waals surface area contributed by atoms with E-state index in [0.717, 1.165) is 4.31 Å². The molecule has 0 aliphatic carbocycles. The molecule has 0 saturated carbocycles. The fraction of sp³-hybridized carbons (Fsp3) is 0.625. The molecule has 27 heavy (non-hydrogen) atoms. The minimum absolute atomic E-state index is 0.108. The number of rotatable bonds is 6. The number of aromatic nitrogens is 2. The van der Waals surface area contributed by atoms with Crippen LogP contribution in [0, 0.1) is 0 Å². The average Bonchev–Trinajstić information content (AvgIpc) is 3.03. The molecule has 1 N–H and O–H groups in total. The van der Waals surface area contributed by atoms with Gasteiger partial charge in [-0.1, -0.05) is 0 Å². The minimum atomic E-state index is -3.63. The van der Waals surface area contributed by atoms with Crippen LogP contribution in [0.2, 0.25) is 0 Å². The zero-order valence-corrected chi connectivity index (χ0v) is 15.9. The largest absolute Gasteiger partial charge is 0.385 e. The molecule has 0 aromatic carbocycles. The van der Waals surface area contributed by atoms with Crippen molar-refractivity contribution in [1.82, 2.24) is 24.5 Å². The van der Waals surface area contributed by atoms with Crippen molar-refractivity contribution in [1.29, 1.82) is 0 Å². The van der Waals surface area contributed by atoms with Crippen LogP contribution in [0.4, 0.5) is 0 Å². The molecular formula is C16H23N5O5S. The Morgan fingerprint density at radius 3 is 2.96 bits per heavy atom. The van der Waals surface area contributed by atoms with Gasteiger partial charge in [0.15, 0.2) is 0 Å². The van der Waals surface area contributed by atoms with E-state index < -0.39 is 22.0 Å². The Hall–Kier alpha value is -2.11. The second-order valence-electron chi connectivity index (χ2n) is 6.58. The molecule has 3 rings (SSSR count). The third-order valence-electron chi connectivity index (χ3n) is 4.77. The number of nitrogens with one attached hydrogen (secondary N) is 1. The zero-order chi connectivity index (χ0) is 19.4. The van der Waals surface area contributed by atoms with E-state index in [4.69, 9.17) is 4.74 Å². The van der Waals surface area contributed by atoms with Gasteiger partial charge >= 0.3 is 0 Å². The molecule has 2 aliphatic heterocycles. The van der Waals surface area contributed by atoms with E-state index in [1.54, 1.807) is 0 Å². The summed E-state index contributed by atoms with van der Waals surface area (Å²) in [5.74, 6) is -0.881. The lowest BCUT2D eigenvalue weighted by molar-refractivity contribution is -0.130. The Kier molecular flexibility index (Phi) is 6.02. The maximum absolute atomic E-state index is 12.9. The number of fused-ring (bicyclic) bond motifs is 1. The molecule has 0 bridgehead atoms. The normalized spacial score (nSPS) is 25.1. The van der Waals surface area contributed by atoms with E-state index in [9.17, 15) is 18.0 Å². The fourth-order valence-electron chi connectivity index (χ4n) is 3.44. The molecular weight excluding hydrogens is 374 g/mol. The summed E-state index contributed by atoms with van der Waals surface area (Å²) in [5, 5.41) is 2.87. The van der Waals surface area contributed by atoms with Crippen molar-refractivity contribution in [3.05, 3.63) is 24.3 Å². The molecule has 148 valence electrons. The fourth-order valence-corrected chi connectivity index (χ4v) is 4.93. The zero-order valence-electron chi connectivity index (χ0n) is 15.1. The predicted octanol–water partition coefficient (Wildman–Crippen LogP) is -1.14. The van der Waals surface area contributed by atoms with Crippen LogP contribution >= 0.6 is 0 Å². The number of nitrogens with zero attached hydrogens (tertiary/aromatic N) is 4. The number of sulfonamides is 1. The highest BCUT2D eigenvalue weighted by Crippen LogP contribution is 2.25. The Morgan fingerprint density at radius 2 is 2.26 bits per heavy atom. The number of carbonyl (C=O) groups excluding carboxylic acids is 2. The number of ether oxygens (including phenoxy) is 1. The maximum atomic E-state index is 12.9. The first kappa shape index (κ1) is 19.6. The molecule has 1 aromatic heterocycles. The first-order chi connectivity index (χ1) is 12.9. The van der Waals surface area contributed by atoms with Gasteiger partial charge in [0.25, 0.3) is 11.8 Å². The lowest BCUT2D eigenvalue weighted by atomic mass is 10.1. The summed E-state index contributed by atoms with van der Waals surface area (Å²) in [7, 11) is -2.10. The van der Waals surface area contributed by atoms with E-state index >= 15 is 0 Å². The molecule has 2 fully saturated rings. The standard InChI is InChI=1S/C16H23N5O5S/c1-26-7-2-5-21-16(23)14-9-12(10-20(14)6-8-27(21,24)25)19-15(22)13-3-4-17-11-18-13/h3-4,11-12,14H,2,5-10H2,1H3,(H,19,22)/t12-,14-/m0/s1. The third kappa shape index (κ3) is 4.42. The van der Waals surface area contributed by atoms with Crippen LogP contribution in [0.15, 0.2) is 18.6 Å². The monoisotopic (exact) mass is 397 g/mol. The van der Waals surface area contributed by atoms with Crippen LogP contribution < -0.4 is 5.32 Å². The lowest BCUT2D eigenvalue weighted by Crippen LogP contribution is -2.44. The first-order valence-electron chi connectivity index (χ1n) is 8.76. The van der Waals surface area contributed by atoms with E-state index in [-0.39, 0.29) is 36.5 Å². The van der Waals surface area contributed by atoms with Crippen molar-refractivity contribution >= 4 is 21.8 Å². The van der Waals surface area contributed by atoms with Gasteiger partial charge in [-0.15, -0.1) is 0 Å². The molecule has 1 aromatic rings. The maximum Gasteiger partial charge on any atom is 0.270 e. The Labute approximate surface area is 158 Å². The topological polar surface area (TPSA) is 122 Å². The van der Waals surface area contributed by atoms with E-state index in [1.807, 2.05) is 4.90 Å². The Balaban J connectivity index is 1.68. The third-order valence-corrected chi connectivity index (χ3v) is 6.50. The van der Waals surface area contributed by atoms with Crippen molar-refractivity contribution in [2.24, 2.45) is 0 Å². The van der Waals surface area contributed by atoms with Crippen LogP contribution in [0.1, 0.15) is 23.3 Å². The lowest BCUT2D eigenvalue weighted by Gasteiger charge is -2.23.